The number of hydrogen-bond acceptors (Lipinski definition) is 4. The van der Waals surface area contributed by atoms with Crippen molar-refractivity contribution < 1.29 is 14.3 Å². The lowest BCUT2D eigenvalue weighted by Crippen LogP contribution is -2.07. The molecule has 0 heterocycles. The maximum absolute atomic E-state index is 11.6. The van der Waals surface area contributed by atoms with Gasteiger partial charge in [0.15, 0.2) is 11.5 Å². The molecule has 4 nitrogen and oxygen atoms in total. The van der Waals surface area contributed by atoms with Gasteiger partial charge in [0, 0.05) is 6.42 Å². The highest BCUT2D eigenvalue weighted by Crippen LogP contribution is 2.30. The Hall–Kier alpha value is -3.06. The van der Waals surface area contributed by atoms with Crippen molar-refractivity contribution in [1.29, 1.82) is 5.26 Å². The van der Waals surface area contributed by atoms with E-state index in [0.29, 0.717) is 23.5 Å². The Morgan fingerprint density at radius 3 is 2.54 bits per heavy atom. The quantitative estimate of drug-likeness (QED) is 0.341. The van der Waals surface area contributed by atoms with Gasteiger partial charge in [-0.05, 0) is 35.8 Å². The van der Waals surface area contributed by atoms with Gasteiger partial charge in [-0.25, -0.2) is 0 Å². The van der Waals surface area contributed by atoms with Crippen LogP contribution in [0.5, 0.6) is 11.5 Å². The third-order valence-corrected chi connectivity index (χ3v) is 3.38. The maximum atomic E-state index is 11.6. The van der Waals surface area contributed by atoms with Crippen molar-refractivity contribution in [2.24, 2.45) is 0 Å². The SMILES string of the molecule is CCCC(=O)Oc1ccc(C=C(C#N)c2ccccc2)cc1OC. The van der Waals surface area contributed by atoms with Crippen LogP contribution in [-0.2, 0) is 4.79 Å². The molecule has 2 aromatic carbocycles. The average Bonchev–Trinajstić information content (AvgIpc) is 2.61. The minimum absolute atomic E-state index is 0.291. The molecule has 0 atom stereocenters. The van der Waals surface area contributed by atoms with Crippen molar-refractivity contribution in [1.82, 2.24) is 0 Å². The Kier molecular flexibility index (Phi) is 6.16. The summed E-state index contributed by atoms with van der Waals surface area (Å²) >= 11 is 0. The predicted molar refractivity (Wildman–Crippen MR) is 93.5 cm³/mol. The molecular weight excluding hydrogens is 302 g/mol. The fraction of sp³-hybridized carbons (Fsp3) is 0.200. The van der Waals surface area contributed by atoms with Crippen LogP contribution in [0.2, 0.25) is 0 Å². The van der Waals surface area contributed by atoms with Crippen LogP contribution in [0.15, 0.2) is 48.5 Å². The second kappa shape index (κ2) is 8.54. The van der Waals surface area contributed by atoms with E-state index < -0.39 is 0 Å². The number of rotatable bonds is 6. The van der Waals surface area contributed by atoms with Crippen LogP contribution in [-0.4, -0.2) is 13.1 Å². The van der Waals surface area contributed by atoms with Crippen molar-refractivity contribution in [3.63, 3.8) is 0 Å². The molecule has 0 aliphatic heterocycles. The molecule has 4 heteroatoms. The number of esters is 1. The van der Waals surface area contributed by atoms with Crippen LogP contribution in [0.3, 0.4) is 0 Å². The van der Waals surface area contributed by atoms with Crippen LogP contribution < -0.4 is 9.47 Å². The van der Waals surface area contributed by atoms with Crippen LogP contribution in [0.1, 0.15) is 30.9 Å². The first-order valence-corrected chi connectivity index (χ1v) is 7.74. The van der Waals surface area contributed by atoms with Crippen LogP contribution in [0.4, 0.5) is 0 Å². The van der Waals surface area contributed by atoms with Crippen LogP contribution >= 0.6 is 0 Å². The molecule has 0 amide bonds. The average molecular weight is 321 g/mol. The smallest absolute Gasteiger partial charge is 0.311 e. The fourth-order valence-corrected chi connectivity index (χ4v) is 2.20. The number of carbonyl (C=O) groups excluding carboxylic acids is 1. The van der Waals surface area contributed by atoms with Gasteiger partial charge in [-0.3, -0.25) is 4.79 Å². The van der Waals surface area contributed by atoms with Crippen molar-refractivity contribution >= 4 is 17.6 Å². The third-order valence-electron chi connectivity index (χ3n) is 3.38. The van der Waals surface area contributed by atoms with E-state index in [0.717, 1.165) is 17.5 Å². The molecule has 2 aromatic rings. The van der Waals surface area contributed by atoms with Gasteiger partial charge in [-0.1, -0.05) is 43.3 Å². The minimum atomic E-state index is -0.291. The molecule has 0 aliphatic carbocycles. The number of carbonyl (C=O) groups is 1. The van der Waals surface area contributed by atoms with Gasteiger partial charge < -0.3 is 9.47 Å². The summed E-state index contributed by atoms with van der Waals surface area (Å²) in [6.45, 7) is 1.92. The summed E-state index contributed by atoms with van der Waals surface area (Å²) in [5.74, 6) is 0.547. The van der Waals surface area contributed by atoms with Gasteiger partial charge in [0.05, 0.1) is 18.8 Å². The first-order valence-electron chi connectivity index (χ1n) is 7.74. The molecule has 0 unspecified atom stereocenters. The molecule has 0 spiro atoms. The minimum Gasteiger partial charge on any atom is -0.493 e. The normalized spacial score (nSPS) is 10.8. The van der Waals surface area contributed by atoms with E-state index in [2.05, 4.69) is 6.07 Å². The predicted octanol–water partition coefficient (Wildman–Crippen LogP) is 4.46. The summed E-state index contributed by atoms with van der Waals surface area (Å²) in [4.78, 5) is 11.6. The molecule has 0 aromatic heterocycles. The summed E-state index contributed by atoms with van der Waals surface area (Å²) in [6, 6.07) is 16.9. The van der Waals surface area contributed by atoms with Crippen LogP contribution in [0, 0.1) is 11.3 Å². The van der Waals surface area contributed by atoms with E-state index in [1.54, 1.807) is 24.3 Å². The van der Waals surface area contributed by atoms with E-state index in [4.69, 9.17) is 9.47 Å². The van der Waals surface area contributed by atoms with Gasteiger partial charge in [0.2, 0.25) is 0 Å². The van der Waals surface area contributed by atoms with E-state index in [1.165, 1.54) is 7.11 Å². The number of nitrogens with zero attached hydrogens (tertiary/aromatic N) is 1. The summed E-state index contributed by atoms with van der Waals surface area (Å²) in [5, 5.41) is 9.38. The van der Waals surface area contributed by atoms with Crippen molar-refractivity contribution in [3.05, 3.63) is 59.7 Å². The zero-order valence-electron chi connectivity index (χ0n) is 13.8. The fourth-order valence-electron chi connectivity index (χ4n) is 2.20. The summed E-state index contributed by atoms with van der Waals surface area (Å²) in [6.07, 6.45) is 2.86. The first kappa shape index (κ1) is 17.3. The zero-order valence-corrected chi connectivity index (χ0v) is 13.8. The first-order chi connectivity index (χ1) is 11.7. The lowest BCUT2D eigenvalue weighted by atomic mass is 10.0. The summed E-state index contributed by atoms with van der Waals surface area (Å²) in [7, 11) is 1.52. The maximum Gasteiger partial charge on any atom is 0.311 e. The number of nitriles is 1. The van der Waals surface area contributed by atoms with Crippen molar-refractivity contribution in [2.75, 3.05) is 7.11 Å². The second-order valence-corrected chi connectivity index (χ2v) is 5.17. The van der Waals surface area contributed by atoms with E-state index >= 15 is 0 Å². The van der Waals surface area contributed by atoms with Gasteiger partial charge in [0.25, 0.3) is 0 Å². The molecule has 0 saturated heterocycles. The van der Waals surface area contributed by atoms with E-state index in [9.17, 15) is 10.1 Å². The highest BCUT2D eigenvalue weighted by atomic mass is 16.6. The molecule has 0 fully saturated rings. The van der Waals surface area contributed by atoms with Gasteiger partial charge in [0.1, 0.15) is 0 Å². The Labute approximate surface area is 141 Å². The van der Waals surface area contributed by atoms with Gasteiger partial charge in [-0.2, -0.15) is 5.26 Å². The topological polar surface area (TPSA) is 59.3 Å². The van der Waals surface area contributed by atoms with E-state index in [-0.39, 0.29) is 5.97 Å². The Balaban J connectivity index is 2.30. The van der Waals surface area contributed by atoms with Gasteiger partial charge >= 0.3 is 5.97 Å². The standard InChI is InChI=1S/C20H19NO3/c1-3-7-20(22)24-18-11-10-15(13-19(18)23-2)12-17(14-21)16-8-5-4-6-9-16/h4-6,8-13H,3,7H2,1-2H3. The Morgan fingerprint density at radius 1 is 1.17 bits per heavy atom. The largest absolute Gasteiger partial charge is 0.493 e. The molecular formula is C20H19NO3. The summed E-state index contributed by atoms with van der Waals surface area (Å²) < 4.78 is 10.6. The molecule has 2 rings (SSSR count). The van der Waals surface area contributed by atoms with E-state index in [1.807, 2.05) is 37.3 Å². The lowest BCUT2D eigenvalue weighted by molar-refractivity contribution is -0.134. The Morgan fingerprint density at radius 2 is 1.92 bits per heavy atom. The molecule has 0 saturated carbocycles. The lowest BCUT2D eigenvalue weighted by Gasteiger charge is -2.10. The summed E-state index contributed by atoms with van der Waals surface area (Å²) in [5.41, 5.74) is 2.19. The van der Waals surface area contributed by atoms with Crippen molar-refractivity contribution in [2.45, 2.75) is 19.8 Å². The molecule has 0 radical (unpaired) electrons. The number of hydrogen-bond donors (Lipinski definition) is 0. The number of methoxy groups -OCH3 is 1. The highest BCUT2D eigenvalue weighted by Gasteiger charge is 2.10. The molecule has 122 valence electrons. The molecule has 0 bridgehead atoms. The number of ether oxygens (including phenoxy) is 2. The Bertz CT molecular complexity index is 773. The van der Waals surface area contributed by atoms with Gasteiger partial charge in [-0.15, -0.1) is 0 Å². The zero-order chi connectivity index (χ0) is 17.4. The second-order valence-electron chi connectivity index (χ2n) is 5.17. The molecule has 24 heavy (non-hydrogen) atoms. The highest BCUT2D eigenvalue weighted by molar-refractivity contribution is 5.89. The monoisotopic (exact) mass is 321 g/mol. The molecule has 0 aliphatic rings. The van der Waals surface area contributed by atoms with Crippen molar-refractivity contribution in [3.8, 4) is 17.6 Å². The molecule has 0 N–H and O–H groups in total. The van der Waals surface area contributed by atoms with Crippen LogP contribution in [0.25, 0.3) is 11.6 Å². The third kappa shape index (κ3) is 4.47. The number of allylic oxidation sites excluding steroid dienone is 1. The number of benzene rings is 2.